The highest BCUT2D eigenvalue weighted by Crippen LogP contribution is 2.27. The van der Waals surface area contributed by atoms with Crippen molar-refractivity contribution < 1.29 is 9.53 Å². The van der Waals surface area contributed by atoms with E-state index in [4.69, 9.17) is 11.6 Å². The van der Waals surface area contributed by atoms with E-state index in [1.807, 2.05) is 0 Å². The molecule has 0 radical (unpaired) electrons. The first-order valence-corrected chi connectivity index (χ1v) is 5.22. The molecule has 0 spiro atoms. The van der Waals surface area contributed by atoms with E-state index in [0.717, 1.165) is 11.3 Å². The van der Waals surface area contributed by atoms with Crippen LogP contribution in [-0.4, -0.2) is 18.1 Å². The zero-order chi connectivity index (χ0) is 11.0. The van der Waals surface area contributed by atoms with Gasteiger partial charge in [-0.1, -0.05) is 22.9 Å². The summed E-state index contributed by atoms with van der Waals surface area (Å²) in [6.45, 7) is 0. The SMILES string of the molecule is COC(=O)c1ccc(Cl)c2[nH]c(=O)sc12. The Morgan fingerprint density at radius 2 is 2.27 bits per heavy atom. The number of aromatic nitrogens is 1. The number of methoxy groups -OCH3 is 1. The minimum absolute atomic E-state index is 0.247. The van der Waals surface area contributed by atoms with Gasteiger partial charge in [0.2, 0.25) is 0 Å². The first-order valence-electron chi connectivity index (χ1n) is 4.03. The van der Waals surface area contributed by atoms with Crippen molar-refractivity contribution >= 4 is 39.1 Å². The summed E-state index contributed by atoms with van der Waals surface area (Å²) in [7, 11) is 1.29. The second-order valence-electron chi connectivity index (χ2n) is 2.81. The van der Waals surface area contributed by atoms with Gasteiger partial charge in [-0.3, -0.25) is 4.79 Å². The maximum absolute atomic E-state index is 11.4. The zero-order valence-corrected chi connectivity index (χ0v) is 9.24. The highest BCUT2D eigenvalue weighted by atomic mass is 35.5. The summed E-state index contributed by atoms with van der Waals surface area (Å²) >= 11 is 6.81. The third kappa shape index (κ3) is 1.64. The first-order chi connectivity index (χ1) is 7.13. The van der Waals surface area contributed by atoms with Crippen molar-refractivity contribution in [2.75, 3.05) is 7.11 Å². The fourth-order valence-corrected chi connectivity index (χ4v) is 2.40. The second-order valence-corrected chi connectivity index (χ2v) is 4.20. The van der Waals surface area contributed by atoms with E-state index in [0.29, 0.717) is 20.8 Å². The van der Waals surface area contributed by atoms with Crippen LogP contribution in [0.1, 0.15) is 10.4 Å². The van der Waals surface area contributed by atoms with Crippen molar-refractivity contribution in [3.05, 3.63) is 32.4 Å². The van der Waals surface area contributed by atoms with Crippen molar-refractivity contribution in [2.45, 2.75) is 0 Å². The molecule has 15 heavy (non-hydrogen) atoms. The quantitative estimate of drug-likeness (QED) is 0.780. The van der Waals surface area contributed by atoms with Gasteiger partial charge in [0.15, 0.2) is 0 Å². The number of carbonyl (C=O) groups is 1. The Bertz CT molecular complexity index is 587. The third-order valence-electron chi connectivity index (χ3n) is 1.93. The van der Waals surface area contributed by atoms with E-state index < -0.39 is 5.97 Å². The van der Waals surface area contributed by atoms with Gasteiger partial charge in [0, 0.05) is 0 Å². The lowest BCUT2D eigenvalue weighted by atomic mass is 10.2. The fourth-order valence-electron chi connectivity index (χ4n) is 1.27. The van der Waals surface area contributed by atoms with E-state index in [-0.39, 0.29) is 4.87 Å². The third-order valence-corrected chi connectivity index (χ3v) is 3.16. The molecule has 0 atom stereocenters. The standard InChI is InChI=1S/C9H6ClNO3S/c1-14-8(12)4-2-3-5(10)6-7(4)15-9(13)11-6/h2-3H,1H3,(H,11,13). The van der Waals surface area contributed by atoms with Crippen LogP contribution >= 0.6 is 22.9 Å². The predicted molar refractivity (Wildman–Crippen MR) is 58.8 cm³/mol. The summed E-state index contributed by atoms with van der Waals surface area (Å²) in [4.78, 5) is 24.9. The highest BCUT2D eigenvalue weighted by Gasteiger charge is 2.14. The lowest BCUT2D eigenvalue weighted by Crippen LogP contribution is -2.00. The molecular formula is C9H6ClNO3S. The van der Waals surface area contributed by atoms with Crippen LogP contribution in [0.5, 0.6) is 0 Å². The van der Waals surface area contributed by atoms with Gasteiger partial charge >= 0.3 is 10.8 Å². The molecule has 2 rings (SSSR count). The molecule has 1 N–H and O–H groups in total. The minimum atomic E-state index is -0.480. The average Bonchev–Trinajstić information content (AvgIpc) is 2.60. The molecule has 0 aliphatic rings. The zero-order valence-electron chi connectivity index (χ0n) is 7.67. The molecule has 0 bridgehead atoms. The van der Waals surface area contributed by atoms with E-state index >= 15 is 0 Å². The maximum atomic E-state index is 11.4. The largest absolute Gasteiger partial charge is 0.465 e. The molecule has 6 heteroatoms. The van der Waals surface area contributed by atoms with Gasteiger partial charge in [-0.25, -0.2) is 4.79 Å². The van der Waals surface area contributed by atoms with Gasteiger partial charge in [-0.05, 0) is 12.1 Å². The molecule has 0 fully saturated rings. The van der Waals surface area contributed by atoms with Gasteiger partial charge in [0.05, 0.1) is 27.9 Å². The van der Waals surface area contributed by atoms with Gasteiger partial charge < -0.3 is 9.72 Å². The summed E-state index contributed by atoms with van der Waals surface area (Å²) in [5.41, 5.74) is 0.829. The molecule has 1 aromatic heterocycles. The average molecular weight is 244 g/mol. The molecule has 0 aliphatic carbocycles. The summed E-state index contributed by atoms with van der Waals surface area (Å²) < 4.78 is 5.13. The van der Waals surface area contributed by atoms with Crippen LogP contribution in [0.4, 0.5) is 0 Å². The van der Waals surface area contributed by atoms with Crippen LogP contribution < -0.4 is 4.87 Å². The van der Waals surface area contributed by atoms with E-state index in [2.05, 4.69) is 9.72 Å². The van der Waals surface area contributed by atoms with Crippen molar-refractivity contribution in [3.63, 3.8) is 0 Å². The summed E-state index contributed by atoms with van der Waals surface area (Å²) in [6, 6.07) is 3.10. The minimum Gasteiger partial charge on any atom is -0.465 e. The topological polar surface area (TPSA) is 59.2 Å². The van der Waals surface area contributed by atoms with Gasteiger partial charge in [-0.15, -0.1) is 0 Å². The molecular weight excluding hydrogens is 238 g/mol. The Morgan fingerprint density at radius 1 is 1.53 bits per heavy atom. The van der Waals surface area contributed by atoms with Gasteiger partial charge in [0.1, 0.15) is 0 Å². The van der Waals surface area contributed by atoms with E-state index in [1.54, 1.807) is 12.1 Å². The second kappa shape index (κ2) is 3.67. The smallest absolute Gasteiger partial charge is 0.339 e. The molecule has 0 saturated heterocycles. The van der Waals surface area contributed by atoms with E-state index in [1.165, 1.54) is 7.11 Å². The van der Waals surface area contributed by atoms with Crippen LogP contribution in [0, 0.1) is 0 Å². The number of nitrogens with one attached hydrogen (secondary N) is 1. The first kappa shape index (κ1) is 10.2. The highest BCUT2D eigenvalue weighted by molar-refractivity contribution is 7.16. The van der Waals surface area contributed by atoms with Crippen LogP contribution in [0.25, 0.3) is 10.2 Å². The number of hydrogen-bond donors (Lipinski definition) is 1. The maximum Gasteiger partial charge on any atom is 0.339 e. The monoisotopic (exact) mass is 243 g/mol. The number of benzene rings is 1. The Kier molecular flexibility index (Phi) is 2.50. The number of carbonyl (C=O) groups excluding carboxylic acids is 1. The molecule has 0 aliphatic heterocycles. The molecule has 1 aromatic carbocycles. The van der Waals surface area contributed by atoms with Crippen LogP contribution in [-0.2, 0) is 4.74 Å². The van der Waals surface area contributed by atoms with Crippen molar-refractivity contribution in [1.29, 1.82) is 0 Å². The summed E-state index contributed by atoms with van der Waals surface area (Å²) in [5, 5.41) is 0.413. The van der Waals surface area contributed by atoms with Crippen molar-refractivity contribution in [1.82, 2.24) is 4.98 Å². The molecule has 0 amide bonds. The normalized spacial score (nSPS) is 10.5. The number of esters is 1. The molecule has 1 heterocycles. The molecule has 0 unspecified atom stereocenters. The number of ether oxygens (including phenoxy) is 1. The molecule has 0 saturated carbocycles. The van der Waals surface area contributed by atoms with Gasteiger partial charge in [-0.2, -0.15) is 0 Å². The molecule has 2 aromatic rings. The lowest BCUT2D eigenvalue weighted by molar-refractivity contribution is 0.0603. The van der Waals surface area contributed by atoms with Crippen molar-refractivity contribution in [3.8, 4) is 0 Å². The van der Waals surface area contributed by atoms with E-state index in [9.17, 15) is 9.59 Å². The van der Waals surface area contributed by atoms with Crippen molar-refractivity contribution in [2.24, 2.45) is 0 Å². The number of thiazole rings is 1. The Morgan fingerprint density at radius 3 is 2.93 bits per heavy atom. The van der Waals surface area contributed by atoms with Crippen LogP contribution in [0.2, 0.25) is 5.02 Å². The number of aromatic amines is 1. The number of fused-ring (bicyclic) bond motifs is 1. The summed E-state index contributed by atoms with van der Waals surface area (Å²) in [5.74, 6) is -0.480. The van der Waals surface area contributed by atoms with Gasteiger partial charge in [0.25, 0.3) is 0 Å². The number of halogens is 1. The number of rotatable bonds is 1. The Hall–Kier alpha value is -1.33. The number of H-pyrrole nitrogens is 1. The van der Waals surface area contributed by atoms with Crippen LogP contribution in [0.15, 0.2) is 16.9 Å². The molecule has 78 valence electrons. The Balaban J connectivity index is 2.82. The number of hydrogen-bond acceptors (Lipinski definition) is 4. The summed E-state index contributed by atoms with van der Waals surface area (Å²) in [6.07, 6.45) is 0. The molecule has 4 nitrogen and oxygen atoms in total. The van der Waals surface area contributed by atoms with Crippen LogP contribution in [0.3, 0.4) is 0 Å². The fraction of sp³-hybridized carbons (Fsp3) is 0.111. The predicted octanol–water partition coefficient (Wildman–Crippen LogP) is 2.03. The Labute approximate surface area is 93.4 Å². The lowest BCUT2D eigenvalue weighted by Gasteiger charge is -2.00.